The third-order valence-electron chi connectivity index (χ3n) is 2.73. The fraction of sp³-hybridized carbons (Fsp3) is 0.600. The van der Waals surface area contributed by atoms with Gasteiger partial charge in [-0.1, -0.05) is 0 Å². The molecule has 1 saturated heterocycles. The number of nitro groups is 1. The van der Waals surface area contributed by atoms with E-state index in [2.05, 4.69) is 15.3 Å². The van der Waals surface area contributed by atoms with Crippen LogP contribution in [-0.4, -0.2) is 41.3 Å². The van der Waals surface area contributed by atoms with Crippen molar-refractivity contribution in [1.82, 2.24) is 9.97 Å². The Morgan fingerprint density at radius 1 is 1.50 bits per heavy atom. The van der Waals surface area contributed by atoms with E-state index in [4.69, 9.17) is 9.47 Å². The van der Waals surface area contributed by atoms with E-state index >= 15 is 0 Å². The second kappa shape index (κ2) is 5.58. The third-order valence-corrected chi connectivity index (χ3v) is 2.73. The van der Waals surface area contributed by atoms with Gasteiger partial charge >= 0.3 is 5.69 Å². The van der Waals surface area contributed by atoms with Gasteiger partial charge in [0.2, 0.25) is 5.82 Å². The molecular formula is C10H14N4O4. The predicted molar refractivity (Wildman–Crippen MR) is 62.7 cm³/mol. The second-order valence-electron chi connectivity index (χ2n) is 3.87. The highest BCUT2D eigenvalue weighted by molar-refractivity contribution is 5.61. The molecule has 1 aromatic heterocycles. The van der Waals surface area contributed by atoms with Crippen LogP contribution in [0.15, 0.2) is 6.33 Å². The van der Waals surface area contributed by atoms with Crippen molar-refractivity contribution in [3.05, 3.63) is 16.4 Å². The zero-order valence-corrected chi connectivity index (χ0v) is 9.96. The fourth-order valence-electron chi connectivity index (χ4n) is 1.82. The Hall–Kier alpha value is -1.96. The molecule has 1 fully saturated rings. The Balaban J connectivity index is 2.23. The van der Waals surface area contributed by atoms with Crippen molar-refractivity contribution in [2.75, 3.05) is 25.6 Å². The zero-order valence-electron chi connectivity index (χ0n) is 9.96. The van der Waals surface area contributed by atoms with Crippen LogP contribution in [0.4, 0.5) is 11.5 Å². The number of rotatable bonds is 4. The van der Waals surface area contributed by atoms with Crippen molar-refractivity contribution in [1.29, 1.82) is 0 Å². The van der Waals surface area contributed by atoms with Crippen molar-refractivity contribution in [3.63, 3.8) is 0 Å². The van der Waals surface area contributed by atoms with Gasteiger partial charge in [-0.15, -0.1) is 0 Å². The van der Waals surface area contributed by atoms with Crippen LogP contribution >= 0.6 is 0 Å². The normalized spacial score (nSPS) is 16.3. The minimum absolute atomic E-state index is 0.0374. The number of nitrogens with zero attached hydrogens (tertiary/aromatic N) is 3. The molecule has 0 aromatic carbocycles. The summed E-state index contributed by atoms with van der Waals surface area (Å²) in [6.45, 7) is 1.29. The van der Waals surface area contributed by atoms with Crippen molar-refractivity contribution >= 4 is 11.5 Å². The molecule has 0 aliphatic carbocycles. The summed E-state index contributed by atoms with van der Waals surface area (Å²) in [6, 6.07) is 0.122. The SMILES string of the molecule is COc1ncnc(NC2CCOCC2)c1[N+](=O)[O-]. The lowest BCUT2D eigenvalue weighted by Gasteiger charge is -2.23. The molecule has 2 heterocycles. The highest BCUT2D eigenvalue weighted by Crippen LogP contribution is 2.31. The van der Waals surface area contributed by atoms with Crippen LogP contribution in [0.3, 0.4) is 0 Å². The molecule has 0 unspecified atom stereocenters. The molecule has 2 rings (SSSR count). The van der Waals surface area contributed by atoms with Gasteiger partial charge in [-0.25, -0.2) is 4.98 Å². The average Bonchev–Trinajstić information content (AvgIpc) is 2.39. The summed E-state index contributed by atoms with van der Waals surface area (Å²) in [6.07, 6.45) is 2.83. The van der Waals surface area contributed by atoms with Crippen LogP contribution in [0.1, 0.15) is 12.8 Å². The minimum atomic E-state index is -0.541. The number of aromatic nitrogens is 2. The molecule has 8 nitrogen and oxygen atoms in total. The number of nitrogens with one attached hydrogen (secondary N) is 1. The van der Waals surface area contributed by atoms with E-state index in [0.29, 0.717) is 13.2 Å². The van der Waals surface area contributed by atoms with Crippen LogP contribution in [-0.2, 0) is 4.74 Å². The summed E-state index contributed by atoms with van der Waals surface area (Å²) in [7, 11) is 1.34. The van der Waals surface area contributed by atoms with Gasteiger partial charge in [-0.3, -0.25) is 10.1 Å². The molecule has 1 aliphatic rings. The van der Waals surface area contributed by atoms with Crippen LogP contribution in [0.5, 0.6) is 5.88 Å². The molecule has 1 N–H and O–H groups in total. The first-order valence-electron chi connectivity index (χ1n) is 5.60. The lowest BCUT2D eigenvalue weighted by atomic mass is 10.1. The average molecular weight is 254 g/mol. The van der Waals surface area contributed by atoms with E-state index in [0.717, 1.165) is 12.8 Å². The van der Waals surface area contributed by atoms with E-state index in [9.17, 15) is 10.1 Å². The molecular weight excluding hydrogens is 240 g/mol. The number of hydrogen-bond acceptors (Lipinski definition) is 7. The maximum Gasteiger partial charge on any atom is 0.372 e. The topological polar surface area (TPSA) is 99.4 Å². The van der Waals surface area contributed by atoms with Gasteiger partial charge in [-0.05, 0) is 12.8 Å². The maximum atomic E-state index is 11.0. The first kappa shape index (κ1) is 12.5. The Bertz CT molecular complexity index is 434. The van der Waals surface area contributed by atoms with Crippen molar-refractivity contribution in [2.24, 2.45) is 0 Å². The summed E-state index contributed by atoms with van der Waals surface area (Å²) in [5, 5.41) is 14.1. The van der Waals surface area contributed by atoms with Gasteiger partial charge in [0.05, 0.1) is 12.0 Å². The Morgan fingerprint density at radius 2 is 2.22 bits per heavy atom. The first-order chi connectivity index (χ1) is 8.72. The van der Waals surface area contributed by atoms with Gasteiger partial charge < -0.3 is 14.8 Å². The molecule has 98 valence electrons. The van der Waals surface area contributed by atoms with E-state index in [1.54, 1.807) is 0 Å². The highest BCUT2D eigenvalue weighted by Gasteiger charge is 2.26. The molecule has 0 saturated carbocycles. The molecule has 0 amide bonds. The molecule has 0 spiro atoms. The zero-order chi connectivity index (χ0) is 13.0. The third kappa shape index (κ3) is 2.65. The summed E-state index contributed by atoms with van der Waals surface area (Å²) in [5.41, 5.74) is -0.230. The largest absolute Gasteiger partial charge is 0.476 e. The molecule has 1 aliphatic heterocycles. The molecule has 0 bridgehead atoms. The van der Waals surface area contributed by atoms with E-state index in [-0.39, 0.29) is 23.4 Å². The van der Waals surface area contributed by atoms with Crippen LogP contribution in [0, 0.1) is 10.1 Å². The van der Waals surface area contributed by atoms with Crippen LogP contribution in [0.25, 0.3) is 0 Å². The quantitative estimate of drug-likeness (QED) is 0.631. The number of methoxy groups -OCH3 is 1. The summed E-state index contributed by atoms with van der Waals surface area (Å²) in [4.78, 5) is 18.1. The first-order valence-corrected chi connectivity index (χ1v) is 5.60. The molecule has 18 heavy (non-hydrogen) atoms. The van der Waals surface area contributed by atoms with E-state index < -0.39 is 4.92 Å². The van der Waals surface area contributed by atoms with Crippen molar-refractivity contribution < 1.29 is 14.4 Å². The summed E-state index contributed by atoms with van der Waals surface area (Å²) < 4.78 is 10.1. The van der Waals surface area contributed by atoms with E-state index in [1.807, 2.05) is 0 Å². The smallest absolute Gasteiger partial charge is 0.372 e. The van der Waals surface area contributed by atoms with Gasteiger partial charge in [0.15, 0.2) is 0 Å². The molecule has 0 atom stereocenters. The van der Waals surface area contributed by atoms with Gasteiger partial charge in [-0.2, -0.15) is 4.98 Å². The van der Waals surface area contributed by atoms with Crippen molar-refractivity contribution in [2.45, 2.75) is 18.9 Å². The predicted octanol–water partition coefficient (Wildman–Crippen LogP) is 0.984. The molecule has 8 heteroatoms. The summed E-state index contributed by atoms with van der Waals surface area (Å²) >= 11 is 0. The van der Waals surface area contributed by atoms with Crippen LogP contribution in [0.2, 0.25) is 0 Å². The molecule has 0 radical (unpaired) electrons. The summed E-state index contributed by atoms with van der Waals surface area (Å²) in [5.74, 6) is 0.156. The van der Waals surface area contributed by atoms with Crippen molar-refractivity contribution in [3.8, 4) is 5.88 Å². The second-order valence-corrected chi connectivity index (χ2v) is 3.87. The number of ether oxygens (including phenoxy) is 2. The standard InChI is InChI=1S/C10H14N4O4/c1-17-10-8(14(15)16)9(11-6-12-10)13-7-2-4-18-5-3-7/h6-7H,2-5H2,1H3,(H,11,12,13). The Labute approximate surface area is 103 Å². The van der Waals surface area contributed by atoms with E-state index in [1.165, 1.54) is 13.4 Å². The molecule has 1 aromatic rings. The van der Waals surface area contributed by atoms with Gasteiger partial charge in [0.1, 0.15) is 6.33 Å². The number of anilines is 1. The lowest BCUT2D eigenvalue weighted by molar-refractivity contribution is -0.385. The van der Waals surface area contributed by atoms with Gasteiger partial charge in [0.25, 0.3) is 5.88 Å². The maximum absolute atomic E-state index is 11.0. The van der Waals surface area contributed by atoms with Crippen LogP contribution < -0.4 is 10.1 Å². The monoisotopic (exact) mass is 254 g/mol. The fourth-order valence-corrected chi connectivity index (χ4v) is 1.82. The lowest BCUT2D eigenvalue weighted by Crippen LogP contribution is -2.28. The van der Waals surface area contributed by atoms with Gasteiger partial charge in [0, 0.05) is 19.3 Å². The minimum Gasteiger partial charge on any atom is -0.476 e. The Kier molecular flexibility index (Phi) is 3.88. The Morgan fingerprint density at radius 3 is 2.83 bits per heavy atom. The highest BCUT2D eigenvalue weighted by atomic mass is 16.6. The number of hydrogen-bond donors (Lipinski definition) is 1.